The molecule has 114 valence electrons. The molecule has 1 saturated carbocycles. The lowest BCUT2D eigenvalue weighted by Gasteiger charge is -2.39. The van der Waals surface area contributed by atoms with Gasteiger partial charge in [-0.05, 0) is 37.9 Å². The van der Waals surface area contributed by atoms with Crippen molar-refractivity contribution in [2.75, 3.05) is 13.6 Å². The number of likely N-dealkylation sites (N-methyl/N-ethyl adjacent to an activating group) is 1. The first-order valence-electron chi connectivity index (χ1n) is 8.11. The Bertz CT molecular complexity index is 559. The zero-order valence-electron chi connectivity index (χ0n) is 13.1. The van der Waals surface area contributed by atoms with Gasteiger partial charge in [-0.25, -0.2) is 0 Å². The number of furan rings is 1. The van der Waals surface area contributed by atoms with Crippen molar-refractivity contribution < 1.29 is 4.42 Å². The molecule has 3 heteroatoms. The van der Waals surface area contributed by atoms with Crippen LogP contribution in [-0.2, 0) is 0 Å². The van der Waals surface area contributed by atoms with Gasteiger partial charge in [0.2, 0.25) is 0 Å². The van der Waals surface area contributed by atoms with Gasteiger partial charge in [-0.1, -0.05) is 38.0 Å². The van der Waals surface area contributed by atoms with E-state index in [0.717, 1.165) is 22.6 Å². The number of fused-ring (bicyclic) bond motifs is 1. The van der Waals surface area contributed by atoms with Crippen molar-refractivity contribution in [3.8, 4) is 0 Å². The van der Waals surface area contributed by atoms with E-state index < -0.39 is 0 Å². The summed E-state index contributed by atoms with van der Waals surface area (Å²) in [6.45, 7) is 2.96. The Kier molecular flexibility index (Phi) is 4.32. The van der Waals surface area contributed by atoms with Gasteiger partial charge in [0.15, 0.2) is 0 Å². The van der Waals surface area contributed by atoms with Gasteiger partial charge in [0, 0.05) is 18.0 Å². The molecule has 1 fully saturated rings. The number of para-hydroxylation sites is 1. The molecule has 3 rings (SSSR count). The van der Waals surface area contributed by atoms with Crippen LogP contribution in [0.2, 0.25) is 0 Å². The second-order valence-electron chi connectivity index (χ2n) is 6.43. The van der Waals surface area contributed by atoms with Crippen LogP contribution in [0.1, 0.15) is 44.4 Å². The minimum atomic E-state index is 0.169. The van der Waals surface area contributed by atoms with Gasteiger partial charge in [-0.3, -0.25) is 4.90 Å². The van der Waals surface area contributed by atoms with E-state index in [1.54, 1.807) is 0 Å². The molecule has 1 aromatic carbocycles. The van der Waals surface area contributed by atoms with Crippen LogP contribution < -0.4 is 5.73 Å². The van der Waals surface area contributed by atoms with Crippen molar-refractivity contribution in [2.24, 2.45) is 11.7 Å². The summed E-state index contributed by atoms with van der Waals surface area (Å²) >= 11 is 0. The van der Waals surface area contributed by atoms with Crippen molar-refractivity contribution >= 4 is 11.0 Å². The van der Waals surface area contributed by atoms with Crippen LogP contribution in [-0.4, -0.2) is 24.5 Å². The van der Waals surface area contributed by atoms with Crippen molar-refractivity contribution in [1.29, 1.82) is 0 Å². The first-order chi connectivity index (χ1) is 10.2. The molecule has 3 atom stereocenters. The molecule has 1 aliphatic rings. The van der Waals surface area contributed by atoms with Crippen molar-refractivity contribution in [3.05, 3.63) is 36.1 Å². The first-order valence-corrected chi connectivity index (χ1v) is 8.11. The van der Waals surface area contributed by atoms with E-state index >= 15 is 0 Å². The molecule has 3 nitrogen and oxygen atoms in total. The average Bonchev–Trinajstić information content (AvgIpc) is 2.91. The molecule has 1 heterocycles. The molecule has 2 aromatic rings. The largest absolute Gasteiger partial charge is 0.459 e. The average molecular weight is 286 g/mol. The third-order valence-corrected chi connectivity index (χ3v) is 5.08. The Morgan fingerprint density at radius 3 is 2.76 bits per heavy atom. The predicted octanol–water partition coefficient (Wildman–Crippen LogP) is 3.94. The van der Waals surface area contributed by atoms with E-state index in [1.807, 2.05) is 18.2 Å². The fourth-order valence-corrected chi connectivity index (χ4v) is 3.78. The van der Waals surface area contributed by atoms with Crippen LogP contribution in [0.15, 0.2) is 34.7 Å². The normalized spacial score (nSPS) is 24.6. The minimum absolute atomic E-state index is 0.169. The summed E-state index contributed by atoms with van der Waals surface area (Å²) in [6, 6.07) is 11.1. The maximum Gasteiger partial charge on any atom is 0.134 e. The van der Waals surface area contributed by atoms with E-state index in [0.29, 0.717) is 12.6 Å². The highest BCUT2D eigenvalue weighted by atomic mass is 16.3. The van der Waals surface area contributed by atoms with Gasteiger partial charge < -0.3 is 10.2 Å². The van der Waals surface area contributed by atoms with Crippen LogP contribution in [0, 0.1) is 5.92 Å². The summed E-state index contributed by atoms with van der Waals surface area (Å²) in [6.07, 6.45) is 5.29. The minimum Gasteiger partial charge on any atom is -0.459 e. The molecule has 1 aliphatic carbocycles. The summed E-state index contributed by atoms with van der Waals surface area (Å²) in [7, 11) is 2.21. The Hall–Kier alpha value is -1.32. The van der Waals surface area contributed by atoms with E-state index in [4.69, 9.17) is 10.2 Å². The second-order valence-corrected chi connectivity index (χ2v) is 6.43. The monoisotopic (exact) mass is 286 g/mol. The highest BCUT2D eigenvalue weighted by molar-refractivity contribution is 5.77. The zero-order chi connectivity index (χ0) is 14.8. The van der Waals surface area contributed by atoms with Gasteiger partial charge in [0.05, 0.1) is 6.04 Å². The van der Waals surface area contributed by atoms with Crippen LogP contribution in [0.5, 0.6) is 0 Å². The van der Waals surface area contributed by atoms with E-state index in [1.165, 1.54) is 25.7 Å². The molecule has 0 bridgehead atoms. The van der Waals surface area contributed by atoms with Gasteiger partial charge in [-0.15, -0.1) is 0 Å². The number of benzene rings is 1. The standard InChI is InChI=1S/C18H26N2O/c1-13-7-3-5-9-15(13)20(2)16(12-19)18-11-14-8-4-6-10-17(14)21-18/h4,6,8,10-11,13,15-16H,3,5,7,9,12,19H2,1-2H3. The molecular weight excluding hydrogens is 260 g/mol. The molecule has 3 unspecified atom stereocenters. The van der Waals surface area contributed by atoms with Crippen molar-refractivity contribution in [3.63, 3.8) is 0 Å². The lowest BCUT2D eigenvalue weighted by molar-refractivity contribution is 0.0899. The molecule has 0 radical (unpaired) electrons. The number of hydrogen-bond acceptors (Lipinski definition) is 3. The maximum atomic E-state index is 6.08. The lowest BCUT2D eigenvalue weighted by atomic mass is 9.84. The van der Waals surface area contributed by atoms with E-state index in [2.05, 4.69) is 31.0 Å². The van der Waals surface area contributed by atoms with Gasteiger partial charge in [0.25, 0.3) is 0 Å². The molecule has 2 N–H and O–H groups in total. The fraction of sp³-hybridized carbons (Fsp3) is 0.556. The summed E-state index contributed by atoms with van der Waals surface area (Å²) < 4.78 is 6.05. The quantitative estimate of drug-likeness (QED) is 0.925. The summed E-state index contributed by atoms with van der Waals surface area (Å²) in [5.74, 6) is 1.74. The van der Waals surface area contributed by atoms with Crippen LogP contribution in [0.3, 0.4) is 0 Å². The maximum absolute atomic E-state index is 6.08. The predicted molar refractivity (Wildman–Crippen MR) is 87.2 cm³/mol. The molecule has 0 aliphatic heterocycles. The molecule has 21 heavy (non-hydrogen) atoms. The van der Waals surface area contributed by atoms with Crippen molar-refractivity contribution in [1.82, 2.24) is 4.90 Å². The van der Waals surface area contributed by atoms with Gasteiger partial charge >= 0.3 is 0 Å². The molecule has 0 spiro atoms. The number of rotatable bonds is 4. The zero-order valence-corrected chi connectivity index (χ0v) is 13.1. The third kappa shape index (κ3) is 2.85. The Labute approximate surface area is 127 Å². The van der Waals surface area contributed by atoms with E-state index in [-0.39, 0.29) is 6.04 Å². The second kappa shape index (κ2) is 6.20. The molecular formula is C18H26N2O. The highest BCUT2D eigenvalue weighted by Crippen LogP contribution is 2.33. The number of nitrogens with two attached hydrogens (primary N) is 1. The van der Waals surface area contributed by atoms with Crippen LogP contribution >= 0.6 is 0 Å². The molecule has 1 aromatic heterocycles. The molecule has 0 amide bonds. The SMILES string of the molecule is CC1CCCCC1N(C)C(CN)c1cc2ccccc2o1. The first kappa shape index (κ1) is 14.6. The summed E-state index contributed by atoms with van der Waals surface area (Å²) in [4.78, 5) is 2.45. The van der Waals surface area contributed by atoms with Crippen molar-refractivity contribution in [2.45, 2.75) is 44.7 Å². The Morgan fingerprint density at radius 2 is 2.05 bits per heavy atom. The lowest BCUT2D eigenvalue weighted by Crippen LogP contribution is -2.43. The summed E-state index contributed by atoms with van der Waals surface area (Å²) in [5.41, 5.74) is 7.03. The Morgan fingerprint density at radius 1 is 1.29 bits per heavy atom. The smallest absolute Gasteiger partial charge is 0.134 e. The van der Waals surface area contributed by atoms with Crippen LogP contribution in [0.25, 0.3) is 11.0 Å². The number of nitrogens with zero attached hydrogens (tertiary/aromatic N) is 1. The third-order valence-electron chi connectivity index (χ3n) is 5.08. The van der Waals surface area contributed by atoms with Crippen LogP contribution in [0.4, 0.5) is 0 Å². The molecule has 0 saturated heterocycles. The summed E-state index contributed by atoms with van der Waals surface area (Å²) in [5, 5.41) is 1.16. The Balaban J connectivity index is 1.86. The fourth-order valence-electron chi connectivity index (χ4n) is 3.78. The topological polar surface area (TPSA) is 42.4 Å². The van der Waals surface area contributed by atoms with E-state index in [9.17, 15) is 0 Å². The highest BCUT2D eigenvalue weighted by Gasteiger charge is 2.30. The number of hydrogen-bond donors (Lipinski definition) is 1. The van der Waals surface area contributed by atoms with Gasteiger partial charge in [0.1, 0.15) is 11.3 Å². The van der Waals surface area contributed by atoms with Gasteiger partial charge in [-0.2, -0.15) is 0 Å².